The summed E-state index contributed by atoms with van der Waals surface area (Å²) in [6.07, 6.45) is 2.43. The lowest BCUT2D eigenvalue weighted by molar-refractivity contribution is 0.0922. The van der Waals surface area contributed by atoms with Gasteiger partial charge < -0.3 is 10.4 Å². The maximum absolute atomic E-state index is 10.2. The van der Waals surface area contributed by atoms with Crippen LogP contribution in [0, 0.1) is 5.92 Å². The summed E-state index contributed by atoms with van der Waals surface area (Å²) in [5.41, 5.74) is 0.928. The molecule has 2 N–H and O–H groups in total. The molecule has 1 aromatic carbocycles. The largest absolute Gasteiger partial charge is 0.392 e. The van der Waals surface area contributed by atoms with E-state index in [0.717, 1.165) is 31.5 Å². The molecule has 0 aliphatic carbocycles. The third kappa shape index (κ3) is 3.59. The normalized spacial score (nSPS) is 22.4. The smallest absolute Gasteiger partial charge is 0.0621 e. The van der Waals surface area contributed by atoms with Crippen LogP contribution in [0.2, 0.25) is 10.0 Å². The summed E-state index contributed by atoms with van der Waals surface area (Å²) < 4.78 is 0. The molecule has 1 aliphatic heterocycles. The lowest BCUT2D eigenvalue weighted by atomic mass is 9.90. The lowest BCUT2D eigenvalue weighted by Gasteiger charge is -2.27. The van der Waals surface area contributed by atoms with Crippen LogP contribution in [0.4, 0.5) is 0 Å². The van der Waals surface area contributed by atoms with Crippen molar-refractivity contribution in [3.05, 3.63) is 33.8 Å². The first kappa shape index (κ1) is 13.2. The van der Waals surface area contributed by atoms with Crippen LogP contribution in [0.3, 0.4) is 0 Å². The molecule has 1 saturated heterocycles. The van der Waals surface area contributed by atoms with Crippen LogP contribution in [-0.2, 0) is 6.42 Å². The highest BCUT2D eigenvalue weighted by Crippen LogP contribution is 2.25. The van der Waals surface area contributed by atoms with Gasteiger partial charge in [0, 0.05) is 23.0 Å². The molecule has 0 spiro atoms. The fraction of sp³-hybridized carbons (Fsp3) is 0.538. The number of aliphatic hydroxyl groups excluding tert-OH is 1. The molecule has 0 saturated carbocycles. The molecule has 0 bridgehead atoms. The van der Waals surface area contributed by atoms with Crippen molar-refractivity contribution in [2.75, 3.05) is 13.1 Å². The molecule has 1 fully saturated rings. The van der Waals surface area contributed by atoms with Gasteiger partial charge >= 0.3 is 0 Å². The molecule has 4 heteroatoms. The van der Waals surface area contributed by atoms with E-state index in [1.165, 1.54) is 0 Å². The van der Waals surface area contributed by atoms with Crippen molar-refractivity contribution in [2.45, 2.75) is 25.4 Å². The Hall–Kier alpha value is -0.280. The van der Waals surface area contributed by atoms with Gasteiger partial charge in [-0.2, -0.15) is 0 Å². The SMILES string of the molecule is OC(Cc1cc(Cl)ccc1Cl)C1CCCNC1. The van der Waals surface area contributed by atoms with Crippen LogP contribution < -0.4 is 5.32 Å². The van der Waals surface area contributed by atoms with Crippen molar-refractivity contribution >= 4 is 23.2 Å². The van der Waals surface area contributed by atoms with Gasteiger partial charge in [0.05, 0.1) is 6.10 Å². The predicted octanol–water partition coefficient (Wildman–Crippen LogP) is 2.90. The highest BCUT2D eigenvalue weighted by Gasteiger charge is 2.22. The highest BCUT2D eigenvalue weighted by molar-refractivity contribution is 6.33. The number of nitrogens with one attached hydrogen (secondary N) is 1. The minimum absolute atomic E-state index is 0.318. The topological polar surface area (TPSA) is 32.3 Å². The number of benzene rings is 1. The Morgan fingerprint density at radius 2 is 2.24 bits per heavy atom. The Morgan fingerprint density at radius 1 is 1.41 bits per heavy atom. The zero-order valence-corrected chi connectivity index (χ0v) is 11.1. The third-order valence-electron chi connectivity index (χ3n) is 3.32. The second-order valence-electron chi connectivity index (χ2n) is 4.61. The monoisotopic (exact) mass is 273 g/mol. The van der Waals surface area contributed by atoms with Crippen molar-refractivity contribution in [1.82, 2.24) is 5.32 Å². The number of hydrogen-bond donors (Lipinski definition) is 2. The summed E-state index contributed by atoms with van der Waals surface area (Å²) >= 11 is 12.0. The fourth-order valence-electron chi connectivity index (χ4n) is 2.30. The lowest BCUT2D eigenvalue weighted by Crippen LogP contribution is -2.37. The van der Waals surface area contributed by atoms with Gasteiger partial charge in [-0.3, -0.25) is 0 Å². The first-order valence-corrected chi connectivity index (χ1v) is 6.75. The fourth-order valence-corrected chi connectivity index (χ4v) is 2.69. The van der Waals surface area contributed by atoms with Crippen molar-refractivity contribution < 1.29 is 5.11 Å². The Kier molecular flexibility index (Phi) is 4.69. The maximum atomic E-state index is 10.2. The average Bonchev–Trinajstić information content (AvgIpc) is 2.35. The zero-order chi connectivity index (χ0) is 12.3. The van der Waals surface area contributed by atoms with Crippen molar-refractivity contribution in [2.24, 2.45) is 5.92 Å². The summed E-state index contributed by atoms with van der Waals surface area (Å²) in [7, 11) is 0. The van der Waals surface area contributed by atoms with E-state index in [1.54, 1.807) is 12.1 Å². The van der Waals surface area contributed by atoms with Crippen LogP contribution in [0.25, 0.3) is 0 Å². The van der Waals surface area contributed by atoms with Crippen molar-refractivity contribution in [3.8, 4) is 0 Å². The molecule has 17 heavy (non-hydrogen) atoms. The van der Waals surface area contributed by atoms with Crippen LogP contribution in [0.1, 0.15) is 18.4 Å². The van der Waals surface area contributed by atoms with Crippen LogP contribution in [0.15, 0.2) is 18.2 Å². The van der Waals surface area contributed by atoms with E-state index < -0.39 is 0 Å². The van der Waals surface area contributed by atoms with E-state index in [-0.39, 0.29) is 6.10 Å². The molecule has 94 valence electrons. The minimum Gasteiger partial charge on any atom is -0.392 e. The molecule has 1 aliphatic rings. The molecular weight excluding hydrogens is 257 g/mol. The molecule has 0 amide bonds. The van der Waals surface area contributed by atoms with Gasteiger partial charge in [-0.1, -0.05) is 23.2 Å². The Morgan fingerprint density at radius 3 is 2.94 bits per heavy atom. The average molecular weight is 274 g/mol. The van der Waals surface area contributed by atoms with E-state index in [9.17, 15) is 5.11 Å². The summed E-state index contributed by atoms with van der Waals surface area (Å²) in [6, 6.07) is 5.39. The zero-order valence-electron chi connectivity index (χ0n) is 9.63. The Bertz CT molecular complexity index is 378. The molecule has 2 nitrogen and oxygen atoms in total. The van der Waals surface area contributed by atoms with Crippen LogP contribution >= 0.6 is 23.2 Å². The van der Waals surface area contributed by atoms with Gasteiger partial charge in [0.25, 0.3) is 0 Å². The van der Waals surface area contributed by atoms with E-state index >= 15 is 0 Å². The molecule has 2 unspecified atom stereocenters. The third-order valence-corrected chi connectivity index (χ3v) is 3.92. The maximum Gasteiger partial charge on any atom is 0.0621 e. The molecular formula is C13H17Cl2NO. The van der Waals surface area contributed by atoms with Gasteiger partial charge in [-0.25, -0.2) is 0 Å². The summed E-state index contributed by atoms with van der Waals surface area (Å²) in [6.45, 7) is 1.94. The quantitative estimate of drug-likeness (QED) is 0.888. The minimum atomic E-state index is -0.348. The first-order valence-electron chi connectivity index (χ1n) is 5.99. The van der Waals surface area contributed by atoms with Gasteiger partial charge in [-0.15, -0.1) is 0 Å². The van der Waals surface area contributed by atoms with Crippen molar-refractivity contribution in [3.63, 3.8) is 0 Å². The summed E-state index contributed by atoms with van der Waals surface area (Å²) in [4.78, 5) is 0. The van der Waals surface area contributed by atoms with Gasteiger partial charge in [0.2, 0.25) is 0 Å². The Balaban J connectivity index is 2.01. The molecule has 1 aromatic rings. The van der Waals surface area contributed by atoms with E-state index in [0.29, 0.717) is 22.4 Å². The van der Waals surface area contributed by atoms with E-state index in [4.69, 9.17) is 23.2 Å². The molecule has 2 rings (SSSR count). The Labute approximate surface area is 112 Å². The first-order chi connectivity index (χ1) is 8.16. The van der Waals surface area contributed by atoms with Gasteiger partial charge in [0.1, 0.15) is 0 Å². The van der Waals surface area contributed by atoms with Crippen LogP contribution in [-0.4, -0.2) is 24.3 Å². The van der Waals surface area contributed by atoms with Gasteiger partial charge in [-0.05, 0) is 49.1 Å². The van der Waals surface area contributed by atoms with Crippen LogP contribution in [0.5, 0.6) is 0 Å². The van der Waals surface area contributed by atoms with Crippen molar-refractivity contribution in [1.29, 1.82) is 0 Å². The summed E-state index contributed by atoms with van der Waals surface area (Å²) in [5, 5.41) is 14.9. The molecule has 2 atom stereocenters. The predicted molar refractivity (Wildman–Crippen MR) is 71.8 cm³/mol. The highest BCUT2D eigenvalue weighted by atomic mass is 35.5. The van der Waals surface area contributed by atoms with Gasteiger partial charge in [0.15, 0.2) is 0 Å². The number of hydrogen-bond acceptors (Lipinski definition) is 2. The molecule has 0 radical (unpaired) electrons. The second-order valence-corrected chi connectivity index (χ2v) is 5.46. The molecule has 1 heterocycles. The number of piperidine rings is 1. The number of halogens is 2. The summed E-state index contributed by atoms with van der Waals surface area (Å²) in [5.74, 6) is 0.318. The number of aliphatic hydroxyl groups is 1. The number of rotatable bonds is 3. The second kappa shape index (κ2) is 6.05. The standard InChI is InChI=1S/C13H17Cl2NO/c14-11-3-4-12(15)10(6-11)7-13(17)9-2-1-5-16-8-9/h3-4,6,9,13,16-17H,1-2,5,7-8H2. The van der Waals surface area contributed by atoms with E-state index in [1.807, 2.05) is 6.07 Å². The molecule has 0 aromatic heterocycles. The van der Waals surface area contributed by atoms with E-state index in [2.05, 4.69) is 5.32 Å².